The van der Waals surface area contributed by atoms with Crippen LogP contribution >= 0.6 is 0 Å². The maximum Gasteiger partial charge on any atom is 0.274 e. The van der Waals surface area contributed by atoms with Gasteiger partial charge < -0.3 is 9.88 Å². The summed E-state index contributed by atoms with van der Waals surface area (Å²) in [6.45, 7) is 2.41. The van der Waals surface area contributed by atoms with Crippen molar-refractivity contribution in [1.82, 2.24) is 4.57 Å². The number of nitro benzene ring substituents is 1. The van der Waals surface area contributed by atoms with Crippen LogP contribution < -0.4 is 5.32 Å². The summed E-state index contributed by atoms with van der Waals surface area (Å²) >= 11 is 0. The molecule has 0 fully saturated rings. The van der Waals surface area contributed by atoms with Crippen molar-refractivity contribution in [2.75, 3.05) is 5.32 Å². The van der Waals surface area contributed by atoms with E-state index in [0.29, 0.717) is 12.1 Å². The van der Waals surface area contributed by atoms with Crippen LogP contribution in [0.4, 0.5) is 11.4 Å². The third-order valence-corrected chi connectivity index (χ3v) is 2.88. The molecule has 2 aromatic rings. The molecule has 0 aliphatic carbocycles. The summed E-state index contributed by atoms with van der Waals surface area (Å²) in [5.41, 5.74) is 2.75. The molecule has 0 radical (unpaired) electrons. The molecule has 0 atom stereocenters. The Morgan fingerprint density at radius 1 is 1.39 bits per heavy atom. The van der Waals surface area contributed by atoms with Crippen molar-refractivity contribution in [2.24, 2.45) is 7.05 Å². The monoisotopic (exact) mass is 245 g/mol. The summed E-state index contributed by atoms with van der Waals surface area (Å²) in [7, 11) is 1.96. The van der Waals surface area contributed by atoms with Gasteiger partial charge in [-0.2, -0.15) is 0 Å². The number of rotatable bonds is 4. The fourth-order valence-corrected chi connectivity index (χ4v) is 1.88. The standard InChI is InChI=1S/C13H15N3O2/c1-10-12(4-3-5-13(10)16(17)18)14-8-11-6-7-15(2)9-11/h3-7,9,14H,8H2,1-2H3. The summed E-state index contributed by atoms with van der Waals surface area (Å²) in [4.78, 5) is 10.5. The smallest absolute Gasteiger partial charge is 0.274 e. The maximum absolute atomic E-state index is 10.8. The number of hydrogen-bond acceptors (Lipinski definition) is 3. The van der Waals surface area contributed by atoms with Gasteiger partial charge >= 0.3 is 0 Å². The van der Waals surface area contributed by atoms with Crippen LogP contribution in [0, 0.1) is 17.0 Å². The van der Waals surface area contributed by atoms with E-state index in [4.69, 9.17) is 0 Å². The van der Waals surface area contributed by atoms with Gasteiger partial charge in [-0.05, 0) is 24.6 Å². The highest BCUT2D eigenvalue weighted by Crippen LogP contribution is 2.25. The molecule has 0 bridgehead atoms. The molecule has 1 heterocycles. The zero-order chi connectivity index (χ0) is 13.1. The second-order valence-electron chi connectivity index (χ2n) is 4.25. The number of anilines is 1. The third kappa shape index (κ3) is 2.51. The summed E-state index contributed by atoms with van der Waals surface area (Å²) in [6.07, 6.45) is 3.98. The lowest BCUT2D eigenvalue weighted by Gasteiger charge is -2.08. The van der Waals surface area contributed by atoms with Gasteiger partial charge in [-0.3, -0.25) is 10.1 Å². The Balaban J connectivity index is 2.14. The van der Waals surface area contributed by atoms with Gasteiger partial charge in [0.1, 0.15) is 0 Å². The highest BCUT2D eigenvalue weighted by molar-refractivity contribution is 5.59. The topological polar surface area (TPSA) is 60.1 Å². The SMILES string of the molecule is Cc1c(NCc2ccn(C)c2)cccc1[N+](=O)[O-]. The van der Waals surface area contributed by atoms with Crippen molar-refractivity contribution in [3.05, 3.63) is 57.9 Å². The maximum atomic E-state index is 10.8. The summed E-state index contributed by atoms with van der Waals surface area (Å²) in [5.74, 6) is 0. The molecule has 0 aliphatic heterocycles. The minimum atomic E-state index is -0.358. The van der Waals surface area contributed by atoms with Gasteiger partial charge in [0.05, 0.1) is 4.92 Å². The normalized spacial score (nSPS) is 10.3. The number of nitrogens with one attached hydrogen (secondary N) is 1. The van der Waals surface area contributed by atoms with Gasteiger partial charge in [-0.25, -0.2) is 0 Å². The molecule has 18 heavy (non-hydrogen) atoms. The molecule has 1 aromatic heterocycles. The number of nitrogens with zero attached hydrogens (tertiary/aromatic N) is 2. The summed E-state index contributed by atoms with van der Waals surface area (Å²) in [5, 5.41) is 14.0. The first-order valence-electron chi connectivity index (χ1n) is 5.66. The van der Waals surface area contributed by atoms with Crippen LogP contribution in [0.3, 0.4) is 0 Å². The van der Waals surface area contributed by atoms with E-state index in [1.54, 1.807) is 13.0 Å². The van der Waals surface area contributed by atoms with Crippen molar-refractivity contribution >= 4 is 11.4 Å². The third-order valence-electron chi connectivity index (χ3n) is 2.88. The van der Waals surface area contributed by atoms with E-state index < -0.39 is 0 Å². The van der Waals surface area contributed by atoms with E-state index in [1.165, 1.54) is 6.07 Å². The van der Waals surface area contributed by atoms with Crippen LogP contribution in [-0.4, -0.2) is 9.49 Å². The second kappa shape index (κ2) is 4.91. The van der Waals surface area contributed by atoms with Crippen LogP contribution in [-0.2, 0) is 13.6 Å². The Hall–Kier alpha value is -2.30. The molecule has 0 amide bonds. The molecule has 94 valence electrons. The van der Waals surface area contributed by atoms with Crippen molar-refractivity contribution in [3.63, 3.8) is 0 Å². The van der Waals surface area contributed by atoms with E-state index in [9.17, 15) is 10.1 Å². The molecule has 0 saturated heterocycles. The lowest BCUT2D eigenvalue weighted by Crippen LogP contribution is -2.02. The highest BCUT2D eigenvalue weighted by Gasteiger charge is 2.12. The van der Waals surface area contributed by atoms with Crippen LogP contribution in [0.15, 0.2) is 36.7 Å². The van der Waals surface area contributed by atoms with Crippen molar-refractivity contribution in [3.8, 4) is 0 Å². The highest BCUT2D eigenvalue weighted by atomic mass is 16.6. The lowest BCUT2D eigenvalue weighted by atomic mass is 10.1. The quantitative estimate of drug-likeness (QED) is 0.665. The first-order valence-corrected chi connectivity index (χ1v) is 5.66. The first kappa shape index (κ1) is 12.2. The Kier molecular flexibility index (Phi) is 3.32. The Morgan fingerprint density at radius 3 is 2.78 bits per heavy atom. The molecule has 0 saturated carbocycles. The molecule has 0 aliphatic rings. The molecule has 2 rings (SSSR count). The molecule has 1 N–H and O–H groups in total. The summed E-state index contributed by atoms with van der Waals surface area (Å²) < 4.78 is 1.97. The summed E-state index contributed by atoms with van der Waals surface area (Å²) in [6, 6.07) is 7.08. The molecule has 5 nitrogen and oxygen atoms in total. The zero-order valence-corrected chi connectivity index (χ0v) is 10.4. The van der Waals surface area contributed by atoms with E-state index in [1.807, 2.05) is 36.1 Å². The van der Waals surface area contributed by atoms with Crippen molar-refractivity contribution in [2.45, 2.75) is 13.5 Å². The van der Waals surface area contributed by atoms with Gasteiger partial charge in [-0.1, -0.05) is 6.07 Å². The molecule has 0 unspecified atom stereocenters. The van der Waals surface area contributed by atoms with Gasteiger partial charge in [0.25, 0.3) is 5.69 Å². The van der Waals surface area contributed by atoms with Crippen molar-refractivity contribution in [1.29, 1.82) is 0 Å². The van der Waals surface area contributed by atoms with Crippen molar-refractivity contribution < 1.29 is 4.92 Å². The average Bonchev–Trinajstić information content (AvgIpc) is 2.73. The van der Waals surface area contributed by atoms with Gasteiger partial charge in [0.15, 0.2) is 0 Å². The minimum absolute atomic E-state index is 0.146. The molecular weight excluding hydrogens is 230 g/mol. The number of hydrogen-bond donors (Lipinski definition) is 1. The molecule has 0 spiro atoms. The molecular formula is C13H15N3O2. The Bertz CT molecular complexity index is 575. The average molecular weight is 245 g/mol. The number of aromatic nitrogens is 1. The predicted molar refractivity (Wildman–Crippen MR) is 70.6 cm³/mol. The first-order chi connectivity index (χ1) is 8.58. The largest absolute Gasteiger partial charge is 0.380 e. The fraction of sp³-hybridized carbons (Fsp3) is 0.231. The number of benzene rings is 1. The zero-order valence-electron chi connectivity index (χ0n) is 10.4. The Morgan fingerprint density at radius 2 is 2.17 bits per heavy atom. The van der Waals surface area contributed by atoms with Gasteiger partial charge in [0.2, 0.25) is 0 Å². The number of aryl methyl sites for hydroxylation is 1. The Labute approximate surface area is 105 Å². The van der Waals surface area contributed by atoms with Gasteiger partial charge in [0, 0.05) is 43.3 Å². The van der Waals surface area contributed by atoms with Gasteiger partial charge in [-0.15, -0.1) is 0 Å². The van der Waals surface area contributed by atoms with E-state index in [0.717, 1.165) is 11.3 Å². The molecule has 5 heteroatoms. The number of nitro groups is 1. The second-order valence-corrected chi connectivity index (χ2v) is 4.25. The minimum Gasteiger partial charge on any atom is -0.380 e. The molecule has 1 aromatic carbocycles. The lowest BCUT2D eigenvalue weighted by molar-refractivity contribution is -0.385. The van der Waals surface area contributed by atoms with Crippen LogP contribution in [0.1, 0.15) is 11.1 Å². The van der Waals surface area contributed by atoms with E-state index >= 15 is 0 Å². The fourth-order valence-electron chi connectivity index (χ4n) is 1.88. The van der Waals surface area contributed by atoms with E-state index in [-0.39, 0.29) is 10.6 Å². The predicted octanol–water partition coefficient (Wildman–Crippen LogP) is 2.85. The van der Waals surface area contributed by atoms with Crippen LogP contribution in [0.2, 0.25) is 0 Å². The van der Waals surface area contributed by atoms with E-state index in [2.05, 4.69) is 5.32 Å². The van der Waals surface area contributed by atoms with Crippen LogP contribution in [0.25, 0.3) is 0 Å². The van der Waals surface area contributed by atoms with Crippen LogP contribution in [0.5, 0.6) is 0 Å².